The highest BCUT2D eigenvalue weighted by atomic mass is 35.6. The summed E-state index contributed by atoms with van der Waals surface area (Å²) in [6.07, 6.45) is 4.32. The second kappa shape index (κ2) is 6.14. The van der Waals surface area contributed by atoms with Crippen LogP contribution in [0.25, 0.3) is 0 Å². The highest BCUT2D eigenvalue weighted by Crippen LogP contribution is 2.27. The minimum absolute atomic E-state index is 0.296. The SMILES string of the molecule is O=C(OCC[C@H]1CCCCN1)C(Cl)(Cl)Cl. The summed E-state index contributed by atoms with van der Waals surface area (Å²) in [4.78, 5) is 11.1. The lowest BCUT2D eigenvalue weighted by molar-refractivity contribution is -0.142. The lowest BCUT2D eigenvalue weighted by Gasteiger charge is -2.23. The van der Waals surface area contributed by atoms with Crippen molar-refractivity contribution in [1.82, 2.24) is 5.32 Å². The number of nitrogens with one attached hydrogen (secondary N) is 1. The first kappa shape index (κ1) is 13.4. The Morgan fingerprint density at radius 2 is 2.13 bits per heavy atom. The van der Waals surface area contributed by atoms with Gasteiger partial charge in [-0.25, -0.2) is 4.79 Å². The topological polar surface area (TPSA) is 38.3 Å². The Morgan fingerprint density at radius 3 is 2.67 bits per heavy atom. The number of alkyl halides is 3. The van der Waals surface area contributed by atoms with E-state index in [0.717, 1.165) is 19.4 Å². The zero-order valence-electron chi connectivity index (χ0n) is 8.27. The molecule has 1 aliphatic rings. The van der Waals surface area contributed by atoms with E-state index in [1.54, 1.807) is 0 Å². The minimum atomic E-state index is -1.96. The summed E-state index contributed by atoms with van der Waals surface area (Å²) in [7, 11) is 0. The van der Waals surface area contributed by atoms with Crippen LogP contribution in [0.3, 0.4) is 0 Å². The maximum absolute atomic E-state index is 11.1. The Balaban J connectivity index is 2.12. The number of rotatable bonds is 3. The van der Waals surface area contributed by atoms with Gasteiger partial charge in [0.15, 0.2) is 0 Å². The number of piperidine rings is 1. The number of carbonyl (C=O) groups excluding carboxylic acids is 1. The number of ether oxygens (including phenoxy) is 1. The molecule has 0 unspecified atom stereocenters. The highest BCUT2D eigenvalue weighted by Gasteiger charge is 2.32. The molecule has 1 fully saturated rings. The second-order valence-electron chi connectivity index (χ2n) is 3.57. The average Bonchev–Trinajstić information content (AvgIpc) is 2.18. The Kier molecular flexibility index (Phi) is 5.47. The molecule has 1 saturated heterocycles. The molecule has 0 saturated carbocycles. The van der Waals surface area contributed by atoms with Crippen LogP contribution < -0.4 is 5.32 Å². The van der Waals surface area contributed by atoms with Gasteiger partial charge >= 0.3 is 5.97 Å². The summed E-state index contributed by atoms with van der Waals surface area (Å²) < 4.78 is 2.88. The van der Waals surface area contributed by atoms with Crippen molar-refractivity contribution in [2.45, 2.75) is 35.5 Å². The first-order valence-corrected chi connectivity index (χ1v) is 6.11. The molecule has 3 nitrogen and oxygen atoms in total. The molecule has 0 bridgehead atoms. The summed E-state index contributed by atoms with van der Waals surface area (Å²) in [6, 6.07) is 0.418. The first-order valence-electron chi connectivity index (χ1n) is 4.97. The molecule has 1 rings (SSSR count). The van der Waals surface area contributed by atoms with Gasteiger partial charge < -0.3 is 10.1 Å². The van der Waals surface area contributed by atoms with Crippen LogP contribution in [0, 0.1) is 0 Å². The summed E-state index contributed by atoms with van der Waals surface area (Å²) in [5, 5.41) is 3.34. The molecule has 0 radical (unpaired) electrons. The van der Waals surface area contributed by atoms with E-state index >= 15 is 0 Å². The molecular weight excluding hydrogens is 260 g/mol. The summed E-state index contributed by atoms with van der Waals surface area (Å²) >= 11 is 16.0. The van der Waals surface area contributed by atoms with Crippen molar-refractivity contribution < 1.29 is 9.53 Å². The molecule has 1 aliphatic heterocycles. The minimum Gasteiger partial charge on any atom is -0.462 e. The predicted octanol–water partition coefficient (Wildman–Crippen LogP) is 2.43. The molecule has 88 valence electrons. The Bertz CT molecular complexity index is 212. The largest absolute Gasteiger partial charge is 0.462 e. The van der Waals surface area contributed by atoms with E-state index in [1.165, 1.54) is 12.8 Å². The van der Waals surface area contributed by atoms with Crippen molar-refractivity contribution in [2.24, 2.45) is 0 Å². The third-order valence-corrected chi connectivity index (χ3v) is 2.81. The van der Waals surface area contributed by atoms with Crippen LogP contribution in [-0.4, -0.2) is 29.0 Å². The lowest BCUT2D eigenvalue weighted by Crippen LogP contribution is -2.35. The zero-order chi connectivity index (χ0) is 11.3. The Labute approximate surface area is 104 Å². The van der Waals surface area contributed by atoms with E-state index < -0.39 is 9.76 Å². The third-order valence-electron chi connectivity index (χ3n) is 2.34. The molecule has 0 aromatic carbocycles. The van der Waals surface area contributed by atoms with Crippen LogP contribution in [0.1, 0.15) is 25.7 Å². The smallest absolute Gasteiger partial charge is 0.358 e. The van der Waals surface area contributed by atoms with Crippen LogP contribution in [0.5, 0.6) is 0 Å². The Morgan fingerprint density at radius 1 is 1.40 bits per heavy atom. The van der Waals surface area contributed by atoms with Crippen LogP contribution in [-0.2, 0) is 9.53 Å². The van der Waals surface area contributed by atoms with E-state index in [-0.39, 0.29) is 0 Å². The monoisotopic (exact) mass is 273 g/mol. The van der Waals surface area contributed by atoms with E-state index in [1.807, 2.05) is 0 Å². The van der Waals surface area contributed by atoms with Crippen LogP contribution in [0.15, 0.2) is 0 Å². The maximum atomic E-state index is 11.1. The highest BCUT2D eigenvalue weighted by molar-refractivity contribution is 6.75. The van der Waals surface area contributed by atoms with Gasteiger partial charge in [-0.15, -0.1) is 0 Å². The van der Waals surface area contributed by atoms with E-state index in [0.29, 0.717) is 12.6 Å². The predicted molar refractivity (Wildman–Crippen MR) is 61.5 cm³/mol. The fraction of sp³-hybridized carbons (Fsp3) is 0.889. The summed E-state index contributed by atoms with van der Waals surface area (Å²) in [5.41, 5.74) is 0. The summed E-state index contributed by atoms with van der Waals surface area (Å²) in [5.74, 6) is -0.802. The molecule has 1 atom stereocenters. The van der Waals surface area contributed by atoms with Crippen molar-refractivity contribution in [3.63, 3.8) is 0 Å². The quantitative estimate of drug-likeness (QED) is 0.634. The number of hydrogen-bond donors (Lipinski definition) is 1. The van der Waals surface area contributed by atoms with Gasteiger partial charge in [0.25, 0.3) is 3.79 Å². The molecule has 0 amide bonds. The van der Waals surface area contributed by atoms with Crippen molar-refractivity contribution in [3.8, 4) is 0 Å². The normalized spacial score (nSPS) is 22.5. The van der Waals surface area contributed by atoms with Crippen molar-refractivity contribution in [2.75, 3.05) is 13.2 Å². The van der Waals surface area contributed by atoms with Gasteiger partial charge in [0.1, 0.15) is 0 Å². The van der Waals surface area contributed by atoms with Gasteiger partial charge in [-0.2, -0.15) is 0 Å². The number of esters is 1. The van der Waals surface area contributed by atoms with Crippen LogP contribution in [0.4, 0.5) is 0 Å². The molecule has 0 aliphatic carbocycles. The van der Waals surface area contributed by atoms with E-state index in [2.05, 4.69) is 5.32 Å². The fourth-order valence-corrected chi connectivity index (χ4v) is 1.71. The molecule has 1 N–H and O–H groups in total. The molecule has 6 heteroatoms. The molecule has 0 aromatic rings. The van der Waals surface area contributed by atoms with Crippen LogP contribution in [0.2, 0.25) is 0 Å². The van der Waals surface area contributed by atoms with Gasteiger partial charge in [0.05, 0.1) is 6.61 Å². The van der Waals surface area contributed by atoms with Crippen molar-refractivity contribution in [1.29, 1.82) is 0 Å². The van der Waals surface area contributed by atoms with Gasteiger partial charge in [0, 0.05) is 6.04 Å². The fourth-order valence-electron chi connectivity index (χ4n) is 1.55. The number of carbonyl (C=O) groups is 1. The number of hydrogen-bond acceptors (Lipinski definition) is 3. The van der Waals surface area contributed by atoms with Gasteiger partial charge in [-0.05, 0) is 25.8 Å². The van der Waals surface area contributed by atoms with E-state index in [9.17, 15) is 4.79 Å². The van der Waals surface area contributed by atoms with Gasteiger partial charge in [-0.1, -0.05) is 41.2 Å². The standard InChI is InChI=1S/C9H14Cl3NO2/c10-9(11,12)8(14)15-6-4-7-3-1-2-5-13-7/h7,13H,1-6H2/t7-/m1/s1. The molecule has 15 heavy (non-hydrogen) atoms. The van der Waals surface area contributed by atoms with Crippen molar-refractivity contribution in [3.05, 3.63) is 0 Å². The molecule has 0 aromatic heterocycles. The first-order chi connectivity index (χ1) is 7.00. The Hall–Kier alpha value is 0.300. The van der Waals surface area contributed by atoms with Gasteiger partial charge in [0.2, 0.25) is 0 Å². The van der Waals surface area contributed by atoms with E-state index in [4.69, 9.17) is 39.5 Å². The maximum Gasteiger partial charge on any atom is 0.358 e. The van der Waals surface area contributed by atoms with Gasteiger partial charge in [-0.3, -0.25) is 0 Å². The second-order valence-corrected chi connectivity index (χ2v) is 5.85. The molecule has 0 spiro atoms. The third kappa shape index (κ3) is 5.25. The number of halogens is 3. The lowest BCUT2D eigenvalue weighted by atomic mass is 10.0. The zero-order valence-corrected chi connectivity index (χ0v) is 10.5. The molecule has 1 heterocycles. The summed E-state index contributed by atoms with van der Waals surface area (Å²) in [6.45, 7) is 1.33. The molecular formula is C9H14Cl3NO2. The van der Waals surface area contributed by atoms with Crippen molar-refractivity contribution >= 4 is 40.8 Å². The van der Waals surface area contributed by atoms with Crippen LogP contribution >= 0.6 is 34.8 Å². The average molecular weight is 275 g/mol.